The largest absolute Gasteiger partial charge is 0.494 e. The summed E-state index contributed by atoms with van der Waals surface area (Å²) in [5.41, 5.74) is 4.23. The number of aryl methyl sites for hydroxylation is 2. The second-order valence-corrected chi connectivity index (χ2v) is 10.4. The number of nitrogens with one attached hydrogen (secondary N) is 1. The lowest BCUT2D eigenvalue weighted by Gasteiger charge is -2.15. The fourth-order valence-electron chi connectivity index (χ4n) is 3.71. The zero-order chi connectivity index (χ0) is 26.5. The van der Waals surface area contributed by atoms with Crippen LogP contribution in [-0.4, -0.2) is 29.3 Å². The van der Waals surface area contributed by atoms with E-state index in [4.69, 9.17) is 33.3 Å². The molecule has 0 spiro atoms. The zero-order valence-corrected chi connectivity index (χ0v) is 22.9. The van der Waals surface area contributed by atoms with Crippen LogP contribution >= 0.6 is 35.6 Å². The Morgan fingerprint density at radius 2 is 1.84 bits per heavy atom. The minimum Gasteiger partial charge on any atom is -0.494 e. The van der Waals surface area contributed by atoms with Gasteiger partial charge in [-0.25, -0.2) is 0 Å². The smallest absolute Gasteiger partial charge is 0.270 e. The van der Waals surface area contributed by atoms with E-state index in [1.807, 2.05) is 51.1 Å². The fraction of sp³-hybridized carbons (Fsp3) is 0.179. The lowest BCUT2D eigenvalue weighted by atomic mass is 10.1. The second-order valence-electron chi connectivity index (χ2n) is 8.29. The summed E-state index contributed by atoms with van der Waals surface area (Å²) in [6.45, 7) is 6.22. The Kier molecular flexibility index (Phi) is 8.53. The summed E-state index contributed by atoms with van der Waals surface area (Å²) in [6.07, 6.45) is 1.73. The molecule has 1 heterocycles. The van der Waals surface area contributed by atoms with Crippen LogP contribution < -0.4 is 19.7 Å². The highest BCUT2D eigenvalue weighted by atomic mass is 35.5. The van der Waals surface area contributed by atoms with Crippen molar-refractivity contribution < 1.29 is 19.1 Å². The number of thioether (sulfide) groups is 1. The van der Waals surface area contributed by atoms with E-state index in [1.165, 1.54) is 16.7 Å². The Morgan fingerprint density at radius 1 is 1.08 bits per heavy atom. The Labute approximate surface area is 230 Å². The summed E-state index contributed by atoms with van der Waals surface area (Å²) in [4.78, 5) is 27.4. The number of halogens is 1. The zero-order valence-electron chi connectivity index (χ0n) is 20.5. The third-order valence-corrected chi connectivity index (χ3v) is 7.07. The summed E-state index contributed by atoms with van der Waals surface area (Å²) in [5, 5.41) is 3.17. The maximum absolute atomic E-state index is 13.1. The molecule has 1 aliphatic rings. The predicted octanol–water partition coefficient (Wildman–Crippen LogP) is 6.78. The van der Waals surface area contributed by atoms with Crippen LogP contribution in [0.1, 0.15) is 23.6 Å². The van der Waals surface area contributed by atoms with Gasteiger partial charge in [-0.1, -0.05) is 59.3 Å². The first-order chi connectivity index (χ1) is 17.7. The van der Waals surface area contributed by atoms with Gasteiger partial charge in [0.1, 0.15) is 11.5 Å². The highest BCUT2D eigenvalue weighted by Gasteiger charge is 2.33. The van der Waals surface area contributed by atoms with Crippen LogP contribution in [0.4, 0.5) is 11.4 Å². The molecule has 1 saturated heterocycles. The molecule has 0 saturated carbocycles. The number of thiocarbonyl (C=S) groups is 1. The van der Waals surface area contributed by atoms with Gasteiger partial charge in [-0.05, 0) is 80.4 Å². The van der Waals surface area contributed by atoms with Gasteiger partial charge in [0.15, 0.2) is 10.9 Å². The van der Waals surface area contributed by atoms with Gasteiger partial charge in [0.25, 0.3) is 11.8 Å². The van der Waals surface area contributed by atoms with Crippen LogP contribution in [0.15, 0.2) is 65.6 Å². The van der Waals surface area contributed by atoms with Gasteiger partial charge in [-0.3, -0.25) is 14.5 Å². The first kappa shape index (κ1) is 26.7. The molecule has 37 heavy (non-hydrogen) atoms. The van der Waals surface area contributed by atoms with E-state index in [-0.39, 0.29) is 18.4 Å². The molecule has 6 nitrogen and oxygen atoms in total. The maximum Gasteiger partial charge on any atom is 0.270 e. The van der Waals surface area contributed by atoms with Gasteiger partial charge in [-0.15, -0.1) is 0 Å². The number of anilines is 2. The molecular weight excluding hydrogens is 528 g/mol. The molecule has 3 aromatic rings. The van der Waals surface area contributed by atoms with Crippen LogP contribution in [-0.2, 0) is 9.59 Å². The van der Waals surface area contributed by atoms with Crippen molar-refractivity contribution in [2.45, 2.75) is 20.8 Å². The molecule has 1 aliphatic heterocycles. The number of rotatable bonds is 8. The number of carbonyl (C=O) groups is 2. The fourth-order valence-corrected chi connectivity index (χ4v) is 5.25. The number of carbonyl (C=O) groups excluding carboxylic acids is 2. The normalized spacial score (nSPS) is 14.3. The van der Waals surface area contributed by atoms with E-state index in [2.05, 4.69) is 5.32 Å². The van der Waals surface area contributed by atoms with Crippen molar-refractivity contribution in [1.29, 1.82) is 0 Å². The molecule has 0 unspecified atom stereocenters. The van der Waals surface area contributed by atoms with Crippen molar-refractivity contribution in [2.24, 2.45) is 0 Å². The van der Waals surface area contributed by atoms with Crippen LogP contribution in [0.25, 0.3) is 6.08 Å². The summed E-state index contributed by atoms with van der Waals surface area (Å²) >= 11 is 13.1. The minimum atomic E-state index is -0.287. The summed E-state index contributed by atoms with van der Waals surface area (Å²) in [5.74, 6) is 0.604. The van der Waals surface area contributed by atoms with E-state index in [1.54, 1.807) is 36.4 Å². The van der Waals surface area contributed by atoms with E-state index >= 15 is 0 Å². The number of amides is 2. The Hall–Kier alpha value is -3.33. The van der Waals surface area contributed by atoms with Crippen molar-refractivity contribution in [2.75, 3.05) is 23.4 Å². The molecule has 0 aliphatic carbocycles. The number of benzene rings is 3. The molecule has 1 N–H and O–H groups in total. The topological polar surface area (TPSA) is 67.9 Å². The molecule has 0 aromatic heterocycles. The van der Waals surface area contributed by atoms with Gasteiger partial charge < -0.3 is 14.8 Å². The third-order valence-electron chi connectivity index (χ3n) is 5.47. The molecule has 0 atom stereocenters. The van der Waals surface area contributed by atoms with Crippen LogP contribution in [0, 0.1) is 13.8 Å². The first-order valence-electron chi connectivity index (χ1n) is 11.6. The average molecular weight is 553 g/mol. The van der Waals surface area contributed by atoms with E-state index in [0.29, 0.717) is 37.9 Å². The van der Waals surface area contributed by atoms with Crippen molar-refractivity contribution >= 4 is 69.2 Å². The van der Waals surface area contributed by atoms with Crippen molar-refractivity contribution in [3.63, 3.8) is 0 Å². The van der Waals surface area contributed by atoms with Crippen LogP contribution in [0.5, 0.6) is 11.5 Å². The van der Waals surface area contributed by atoms with Crippen molar-refractivity contribution in [1.82, 2.24) is 0 Å². The highest BCUT2D eigenvalue weighted by molar-refractivity contribution is 8.27. The number of nitrogens with zero attached hydrogens (tertiary/aromatic N) is 1. The Morgan fingerprint density at radius 3 is 2.51 bits per heavy atom. The Balaban J connectivity index is 1.40. The van der Waals surface area contributed by atoms with Gasteiger partial charge in [0.2, 0.25) is 0 Å². The van der Waals surface area contributed by atoms with E-state index in [9.17, 15) is 9.59 Å². The summed E-state index contributed by atoms with van der Waals surface area (Å²) in [7, 11) is 0. The van der Waals surface area contributed by atoms with E-state index < -0.39 is 0 Å². The SMILES string of the molecule is CCOc1ccc(N2C(=O)/C(=C/c3ccc(OCC(=O)Nc4ccc(C)cc4C)c(Cl)c3)SC2=S)cc1. The Bertz CT molecular complexity index is 1390. The molecule has 3 aromatic carbocycles. The first-order valence-corrected chi connectivity index (χ1v) is 13.2. The molecule has 0 bridgehead atoms. The maximum atomic E-state index is 13.1. The molecule has 0 radical (unpaired) electrons. The number of ether oxygens (including phenoxy) is 2. The van der Waals surface area contributed by atoms with Crippen molar-refractivity contribution in [3.05, 3.63) is 87.3 Å². The monoisotopic (exact) mass is 552 g/mol. The highest BCUT2D eigenvalue weighted by Crippen LogP contribution is 2.37. The molecule has 1 fully saturated rings. The van der Waals surface area contributed by atoms with Crippen molar-refractivity contribution in [3.8, 4) is 11.5 Å². The minimum absolute atomic E-state index is 0.187. The second kappa shape index (κ2) is 11.8. The quantitative estimate of drug-likeness (QED) is 0.245. The standard InChI is InChI=1S/C28H25ClN2O4S2/c1-4-34-21-9-7-20(8-10-21)31-27(33)25(37-28(31)36)15-19-6-12-24(22(29)14-19)35-16-26(32)30-23-11-5-17(2)13-18(23)3/h5-15H,4,16H2,1-3H3,(H,30,32)/b25-15-. The van der Waals surface area contributed by atoms with Gasteiger partial charge in [0.05, 0.1) is 22.2 Å². The van der Waals surface area contributed by atoms with Gasteiger partial charge in [0, 0.05) is 5.69 Å². The average Bonchev–Trinajstić information content (AvgIpc) is 3.13. The molecule has 2 amide bonds. The lowest BCUT2D eigenvalue weighted by Crippen LogP contribution is -2.27. The number of hydrogen-bond donors (Lipinski definition) is 1. The third kappa shape index (κ3) is 6.52. The van der Waals surface area contributed by atoms with E-state index in [0.717, 1.165) is 22.6 Å². The summed E-state index contributed by atoms with van der Waals surface area (Å²) < 4.78 is 11.5. The molecule has 4 rings (SSSR count). The summed E-state index contributed by atoms with van der Waals surface area (Å²) in [6, 6.07) is 18.1. The van der Waals surface area contributed by atoms with Gasteiger partial charge in [-0.2, -0.15) is 0 Å². The van der Waals surface area contributed by atoms with Crippen LogP contribution in [0.2, 0.25) is 5.02 Å². The molecular formula is C28H25ClN2O4S2. The number of hydrogen-bond acceptors (Lipinski definition) is 6. The lowest BCUT2D eigenvalue weighted by molar-refractivity contribution is -0.118. The van der Waals surface area contributed by atoms with Crippen LogP contribution in [0.3, 0.4) is 0 Å². The predicted molar refractivity (Wildman–Crippen MR) is 155 cm³/mol. The van der Waals surface area contributed by atoms with Gasteiger partial charge >= 0.3 is 0 Å². The molecule has 9 heteroatoms. The molecule has 190 valence electrons.